The Labute approximate surface area is 157 Å². The maximum absolute atomic E-state index is 12.7. The van der Waals surface area contributed by atoms with Crippen molar-refractivity contribution in [1.29, 1.82) is 0 Å². The lowest BCUT2D eigenvalue weighted by Crippen LogP contribution is -2.48. The summed E-state index contributed by atoms with van der Waals surface area (Å²) in [5.41, 5.74) is 2.24. The molecule has 2 amide bonds. The van der Waals surface area contributed by atoms with E-state index in [2.05, 4.69) is 22.0 Å². The van der Waals surface area contributed by atoms with Crippen molar-refractivity contribution in [3.8, 4) is 0 Å². The summed E-state index contributed by atoms with van der Waals surface area (Å²) < 4.78 is 0. The third-order valence-electron chi connectivity index (χ3n) is 4.30. The van der Waals surface area contributed by atoms with Crippen LogP contribution in [0.25, 0.3) is 0 Å². The molecular formula is C20H23N3O2S. The molecule has 3 rings (SSSR count). The van der Waals surface area contributed by atoms with Crippen LogP contribution in [-0.2, 0) is 11.2 Å². The van der Waals surface area contributed by atoms with Crippen molar-refractivity contribution in [3.63, 3.8) is 0 Å². The van der Waals surface area contributed by atoms with Crippen LogP contribution in [0.15, 0.2) is 59.5 Å². The van der Waals surface area contributed by atoms with E-state index in [9.17, 15) is 9.59 Å². The van der Waals surface area contributed by atoms with Crippen molar-refractivity contribution >= 4 is 23.2 Å². The number of amides is 2. The van der Waals surface area contributed by atoms with Crippen molar-refractivity contribution in [1.82, 2.24) is 16.0 Å². The lowest BCUT2D eigenvalue weighted by atomic mass is 10.0. The summed E-state index contributed by atoms with van der Waals surface area (Å²) in [5, 5.41) is 11.0. The minimum absolute atomic E-state index is 0.154. The molecule has 0 aliphatic carbocycles. The van der Waals surface area contributed by atoms with Gasteiger partial charge in [-0.15, -0.1) is 11.3 Å². The molecule has 1 aliphatic rings. The van der Waals surface area contributed by atoms with Crippen LogP contribution in [0.1, 0.15) is 21.7 Å². The first kappa shape index (κ1) is 18.4. The summed E-state index contributed by atoms with van der Waals surface area (Å²) in [7, 11) is 0. The average Bonchev–Trinajstić information content (AvgIpc) is 3.22. The number of hydrogen-bond acceptors (Lipinski definition) is 4. The van der Waals surface area contributed by atoms with Crippen LogP contribution >= 0.6 is 11.3 Å². The normalized spacial score (nSPS) is 15.0. The quantitative estimate of drug-likeness (QED) is 0.655. The molecule has 2 aromatic rings. The van der Waals surface area contributed by atoms with Gasteiger partial charge in [0.2, 0.25) is 5.91 Å². The molecule has 1 aromatic heterocycles. The number of rotatable bonds is 7. The fourth-order valence-corrected chi connectivity index (χ4v) is 3.48. The maximum Gasteiger partial charge on any atom is 0.262 e. The van der Waals surface area contributed by atoms with Crippen LogP contribution in [0, 0.1) is 0 Å². The zero-order valence-electron chi connectivity index (χ0n) is 14.5. The number of nitrogens with one attached hydrogen (secondary N) is 3. The molecular weight excluding hydrogens is 346 g/mol. The van der Waals surface area contributed by atoms with Gasteiger partial charge in [0.15, 0.2) is 0 Å². The van der Waals surface area contributed by atoms with Crippen molar-refractivity contribution in [3.05, 3.63) is 69.9 Å². The molecule has 0 saturated carbocycles. The fraction of sp³-hybridized carbons (Fsp3) is 0.300. The Bertz CT molecular complexity index is 757. The standard InChI is InChI=1S/C20H23N3O2S/c24-19(22-14-16-8-10-21-11-9-16)17(13-15-5-2-1-3-6-15)23-20(25)18-7-4-12-26-18/h1-8,12,17,21H,9-11,13-14H2,(H,22,24)(H,23,25). The number of thiophene rings is 1. The first-order valence-electron chi connectivity index (χ1n) is 8.77. The van der Waals surface area contributed by atoms with E-state index < -0.39 is 6.04 Å². The van der Waals surface area contributed by atoms with Crippen molar-refractivity contribution < 1.29 is 9.59 Å². The molecule has 2 heterocycles. The van der Waals surface area contributed by atoms with Gasteiger partial charge >= 0.3 is 0 Å². The van der Waals surface area contributed by atoms with Crippen LogP contribution in [0.3, 0.4) is 0 Å². The lowest BCUT2D eigenvalue weighted by Gasteiger charge is -2.20. The number of benzene rings is 1. The largest absolute Gasteiger partial charge is 0.351 e. The third kappa shape index (κ3) is 5.28. The van der Waals surface area contributed by atoms with Crippen LogP contribution in [-0.4, -0.2) is 37.5 Å². The predicted molar refractivity (Wildman–Crippen MR) is 104 cm³/mol. The highest BCUT2D eigenvalue weighted by atomic mass is 32.1. The Kier molecular flexibility index (Phi) is 6.57. The van der Waals surface area contributed by atoms with E-state index in [1.54, 1.807) is 6.07 Å². The van der Waals surface area contributed by atoms with Crippen LogP contribution in [0.4, 0.5) is 0 Å². The molecule has 136 valence electrons. The van der Waals surface area contributed by atoms with Gasteiger partial charge in [0.25, 0.3) is 5.91 Å². The second-order valence-corrected chi connectivity index (χ2v) is 7.18. The molecule has 1 aromatic carbocycles. The monoisotopic (exact) mass is 369 g/mol. The number of carbonyl (C=O) groups excluding carboxylic acids is 2. The second-order valence-electron chi connectivity index (χ2n) is 6.23. The molecule has 26 heavy (non-hydrogen) atoms. The minimum Gasteiger partial charge on any atom is -0.351 e. The molecule has 1 unspecified atom stereocenters. The SMILES string of the molecule is O=C(NC(Cc1ccccc1)C(=O)NCC1=CCNCC1)c1cccs1. The summed E-state index contributed by atoms with van der Waals surface area (Å²) in [6.45, 7) is 2.30. The van der Waals surface area contributed by atoms with Crippen molar-refractivity contribution in [2.24, 2.45) is 0 Å². The zero-order valence-corrected chi connectivity index (χ0v) is 15.4. The number of carbonyl (C=O) groups is 2. The van der Waals surface area contributed by atoms with E-state index >= 15 is 0 Å². The van der Waals surface area contributed by atoms with E-state index in [4.69, 9.17) is 0 Å². The Hall–Kier alpha value is -2.44. The van der Waals surface area contributed by atoms with E-state index in [0.717, 1.165) is 25.1 Å². The highest BCUT2D eigenvalue weighted by molar-refractivity contribution is 7.12. The Balaban J connectivity index is 1.65. The van der Waals surface area contributed by atoms with Crippen molar-refractivity contribution in [2.75, 3.05) is 19.6 Å². The molecule has 1 aliphatic heterocycles. The predicted octanol–water partition coefficient (Wildman–Crippen LogP) is 2.13. The maximum atomic E-state index is 12.7. The molecule has 0 fully saturated rings. The van der Waals surface area contributed by atoms with E-state index in [0.29, 0.717) is 17.8 Å². The second kappa shape index (κ2) is 9.31. The van der Waals surface area contributed by atoms with Gasteiger partial charge in [0.05, 0.1) is 4.88 Å². The topological polar surface area (TPSA) is 70.2 Å². The highest BCUT2D eigenvalue weighted by Crippen LogP contribution is 2.10. The van der Waals surface area contributed by atoms with Gasteiger partial charge in [-0.2, -0.15) is 0 Å². The van der Waals surface area contributed by atoms with Crippen LogP contribution in [0.2, 0.25) is 0 Å². The van der Waals surface area contributed by atoms with Gasteiger partial charge < -0.3 is 16.0 Å². The molecule has 5 nitrogen and oxygen atoms in total. The van der Waals surface area contributed by atoms with E-state index in [-0.39, 0.29) is 11.8 Å². The summed E-state index contributed by atoms with van der Waals surface area (Å²) in [6, 6.07) is 12.7. The molecule has 0 radical (unpaired) electrons. The first-order valence-corrected chi connectivity index (χ1v) is 9.65. The molecule has 0 spiro atoms. The summed E-state index contributed by atoms with van der Waals surface area (Å²) in [6.07, 6.45) is 3.51. The first-order chi connectivity index (χ1) is 12.7. The molecule has 0 saturated heterocycles. The van der Waals surface area contributed by atoms with Gasteiger partial charge in [-0.25, -0.2) is 0 Å². The third-order valence-corrected chi connectivity index (χ3v) is 5.17. The Morgan fingerprint density at radius 2 is 2.00 bits per heavy atom. The van der Waals surface area contributed by atoms with Crippen molar-refractivity contribution in [2.45, 2.75) is 18.9 Å². The van der Waals surface area contributed by atoms with Gasteiger partial charge in [-0.1, -0.05) is 48.0 Å². The van der Waals surface area contributed by atoms with E-state index in [1.807, 2.05) is 41.8 Å². The Morgan fingerprint density at radius 3 is 2.69 bits per heavy atom. The number of hydrogen-bond donors (Lipinski definition) is 3. The van der Waals surface area contributed by atoms with Gasteiger partial charge in [0.1, 0.15) is 6.04 Å². The highest BCUT2D eigenvalue weighted by Gasteiger charge is 2.22. The zero-order chi connectivity index (χ0) is 18.2. The molecule has 1 atom stereocenters. The van der Waals surface area contributed by atoms with Crippen LogP contribution in [0.5, 0.6) is 0 Å². The lowest BCUT2D eigenvalue weighted by molar-refractivity contribution is -0.122. The smallest absolute Gasteiger partial charge is 0.262 e. The van der Waals surface area contributed by atoms with Crippen LogP contribution < -0.4 is 16.0 Å². The van der Waals surface area contributed by atoms with Gasteiger partial charge in [0, 0.05) is 19.5 Å². The minimum atomic E-state index is -0.602. The van der Waals surface area contributed by atoms with Gasteiger partial charge in [-0.05, 0) is 30.0 Å². The van der Waals surface area contributed by atoms with Gasteiger partial charge in [-0.3, -0.25) is 9.59 Å². The Morgan fingerprint density at radius 1 is 1.15 bits per heavy atom. The fourth-order valence-electron chi connectivity index (χ4n) is 2.85. The molecule has 3 N–H and O–H groups in total. The summed E-state index contributed by atoms with van der Waals surface area (Å²) in [4.78, 5) is 25.8. The molecule has 6 heteroatoms. The summed E-state index contributed by atoms with van der Waals surface area (Å²) >= 11 is 1.37. The average molecular weight is 369 g/mol. The van der Waals surface area contributed by atoms with E-state index in [1.165, 1.54) is 16.9 Å². The summed E-state index contributed by atoms with van der Waals surface area (Å²) in [5.74, 6) is -0.365. The molecule has 0 bridgehead atoms.